The molecule has 0 amide bonds. The van der Waals surface area contributed by atoms with E-state index >= 15 is 0 Å². The van der Waals surface area contributed by atoms with E-state index in [1.807, 2.05) is 25.6 Å². The van der Waals surface area contributed by atoms with Crippen molar-refractivity contribution in [3.8, 4) is 6.07 Å². The third kappa shape index (κ3) is 5.12. The molecule has 0 spiro atoms. The van der Waals surface area contributed by atoms with E-state index in [0.29, 0.717) is 0 Å². The fourth-order valence-corrected chi connectivity index (χ4v) is 2.60. The van der Waals surface area contributed by atoms with Crippen LogP contribution in [0.25, 0.3) is 0 Å². The van der Waals surface area contributed by atoms with Crippen molar-refractivity contribution in [2.24, 2.45) is 5.41 Å². The third-order valence-corrected chi connectivity index (χ3v) is 3.55. The Balaban J connectivity index is 2.55. The molecule has 0 aliphatic heterocycles. The van der Waals surface area contributed by atoms with Crippen LogP contribution in [0.3, 0.4) is 0 Å². The van der Waals surface area contributed by atoms with Gasteiger partial charge in [-0.2, -0.15) is 5.26 Å². The lowest BCUT2D eigenvalue weighted by Gasteiger charge is -2.24. The second kappa shape index (κ2) is 6.82. The quantitative estimate of drug-likeness (QED) is 0.730. The molecule has 2 nitrogen and oxygen atoms in total. The van der Waals surface area contributed by atoms with Crippen molar-refractivity contribution in [1.82, 2.24) is 4.90 Å². The molecular formula is C15H22N2S. The fourth-order valence-electron chi connectivity index (χ4n) is 1.94. The predicted molar refractivity (Wildman–Crippen MR) is 78.6 cm³/mol. The summed E-state index contributed by atoms with van der Waals surface area (Å²) in [4.78, 5) is 3.52. The van der Waals surface area contributed by atoms with E-state index in [1.54, 1.807) is 0 Å². The summed E-state index contributed by atoms with van der Waals surface area (Å²) in [5.74, 6) is 1.11. The van der Waals surface area contributed by atoms with E-state index in [9.17, 15) is 0 Å². The van der Waals surface area contributed by atoms with Crippen molar-refractivity contribution in [2.45, 2.75) is 32.2 Å². The Bertz CT molecular complexity index is 403. The standard InChI is InChI=1S/C15H22N2S/c1-5-18-14-8-6-13(7-9-14)10-17(4)12-15(2,3)11-16/h6-9H,5,10,12H2,1-4H3. The van der Waals surface area contributed by atoms with Crippen LogP contribution < -0.4 is 0 Å². The van der Waals surface area contributed by atoms with Crippen LogP contribution in [0.5, 0.6) is 0 Å². The van der Waals surface area contributed by atoms with Crippen molar-refractivity contribution in [1.29, 1.82) is 5.26 Å². The van der Waals surface area contributed by atoms with Crippen molar-refractivity contribution in [3.05, 3.63) is 29.8 Å². The fraction of sp³-hybridized carbons (Fsp3) is 0.533. The lowest BCUT2D eigenvalue weighted by Crippen LogP contribution is -2.29. The largest absolute Gasteiger partial charge is 0.301 e. The maximum Gasteiger partial charge on any atom is 0.0697 e. The number of rotatable bonds is 6. The molecule has 0 fully saturated rings. The highest BCUT2D eigenvalue weighted by molar-refractivity contribution is 7.99. The summed E-state index contributed by atoms with van der Waals surface area (Å²) < 4.78 is 0. The number of benzene rings is 1. The van der Waals surface area contributed by atoms with Crippen molar-refractivity contribution in [3.63, 3.8) is 0 Å². The first-order valence-electron chi connectivity index (χ1n) is 6.28. The first-order valence-corrected chi connectivity index (χ1v) is 7.27. The van der Waals surface area contributed by atoms with Gasteiger partial charge in [-0.1, -0.05) is 19.1 Å². The molecule has 1 aromatic carbocycles. The molecule has 0 aliphatic rings. The molecule has 0 heterocycles. The maximum absolute atomic E-state index is 9.03. The van der Waals surface area contributed by atoms with Gasteiger partial charge in [-0.3, -0.25) is 0 Å². The average Bonchev–Trinajstić information content (AvgIpc) is 2.31. The highest BCUT2D eigenvalue weighted by Gasteiger charge is 2.18. The highest BCUT2D eigenvalue weighted by atomic mass is 32.2. The summed E-state index contributed by atoms with van der Waals surface area (Å²) in [5.41, 5.74) is 1.01. The lowest BCUT2D eigenvalue weighted by atomic mass is 9.95. The molecule has 0 aliphatic carbocycles. The Morgan fingerprint density at radius 1 is 1.28 bits per heavy atom. The molecule has 3 heteroatoms. The normalized spacial score (nSPS) is 11.6. The minimum Gasteiger partial charge on any atom is -0.301 e. The van der Waals surface area contributed by atoms with E-state index in [0.717, 1.165) is 18.8 Å². The minimum atomic E-state index is -0.285. The Kier molecular flexibility index (Phi) is 5.71. The molecule has 0 aromatic heterocycles. The van der Waals surface area contributed by atoms with E-state index < -0.39 is 0 Å². The Hall–Kier alpha value is -0.980. The van der Waals surface area contributed by atoms with Crippen LogP contribution in [0.2, 0.25) is 0 Å². The zero-order valence-electron chi connectivity index (χ0n) is 11.7. The molecule has 0 bridgehead atoms. The summed E-state index contributed by atoms with van der Waals surface area (Å²) in [5, 5.41) is 9.03. The number of hydrogen-bond donors (Lipinski definition) is 0. The van der Waals surface area contributed by atoms with Gasteiger partial charge in [-0.15, -0.1) is 11.8 Å². The van der Waals surface area contributed by atoms with E-state index in [2.05, 4.69) is 49.2 Å². The SMILES string of the molecule is CCSc1ccc(CN(C)CC(C)(C)C#N)cc1. The number of hydrogen-bond acceptors (Lipinski definition) is 3. The molecule has 98 valence electrons. The van der Waals surface area contributed by atoms with Crippen molar-refractivity contribution >= 4 is 11.8 Å². The molecule has 0 saturated heterocycles. The van der Waals surface area contributed by atoms with Gasteiger partial charge in [0.05, 0.1) is 11.5 Å². The summed E-state index contributed by atoms with van der Waals surface area (Å²) in [6.45, 7) is 7.79. The molecule has 0 unspecified atom stereocenters. The monoisotopic (exact) mass is 262 g/mol. The average molecular weight is 262 g/mol. The summed E-state index contributed by atoms with van der Waals surface area (Å²) >= 11 is 1.86. The van der Waals surface area contributed by atoms with Gasteiger partial charge >= 0.3 is 0 Å². The minimum absolute atomic E-state index is 0.285. The van der Waals surface area contributed by atoms with Gasteiger partial charge in [-0.05, 0) is 44.3 Å². The van der Waals surface area contributed by atoms with Gasteiger partial charge in [0.15, 0.2) is 0 Å². The number of thioether (sulfide) groups is 1. The first-order chi connectivity index (χ1) is 8.46. The molecule has 1 rings (SSSR count). The van der Waals surface area contributed by atoms with E-state index in [-0.39, 0.29) is 5.41 Å². The zero-order chi connectivity index (χ0) is 13.6. The van der Waals surface area contributed by atoms with Crippen LogP contribution in [-0.2, 0) is 6.54 Å². The van der Waals surface area contributed by atoms with Gasteiger partial charge in [0.1, 0.15) is 0 Å². The number of nitriles is 1. The molecule has 0 saturated carbocycles. The van der Waals surface area contributed by atoms with Crippen molar-refractivity contribution < 1.29 is 0 Å². The highest BCUT2D eigenvalue weighted by Crippen LogP contribution is 2.19. The predicted octanol–water partition coefficient (Wildman–Crippen LogP) is 3.78. The third-order valence-electron chi connectivity index (χ3n) is 2.65. The van der Waals surface area contributed by atoms with Crippen LogP contribution >= 0.6 is 11.8 Å². The number of nitrogens with zero attached hydrogens (tertiary/aromatic N) is 2. The van der Waals surface area contributed by atoms with E-state index in [4.69, 9.17) is 5.26 Å². The zero-order valence-corrected chi connectivity index (χ0v) is 12.5. The summed E-state index contributed by atoms with van der Waals surface area (Å²) in [7, 11) is 2.06. The van der Waals surface area contributed by atoms with Gasteiger partial charge in [0.2, 0.25) is 0 Å². The van der Waals surface area contributed by atoms with Crippen LogP contribution in [0.1, 0.15) is 26.3 Å². The first kappa shape index (κ1) is 15.1. The Labute approximate surface area is 115 Å². The van der Waals surface area contributed by atoms with Crippen LogP contribution in [0.15, 0.2) is 29.2 Å². The van der Waals surface area contributed by atoms with Gasteiger partial charge in [0, 0.05) is 18.0 Å². The summed E-state index contributed by atoms with van der Waals surface area (Å²) in [6.07, 6.45) is 0. The Morgan fingerprint density at radius 2 is 1.89 bits per heavy atom. The Morgan fingerprint density at radius 3 is 2.39 bits per heavy atom. The molecule has 0 radical (unpaired) electrons. The topological polar surface area (TPSA) is 27.0 Å². The molecule has 1 aromatic rings. The molecule has 0 atom stereocenters. The lowest BCUT2D eigenvalue weighted by molar-refractivity contribution is 0.248. The van der Waals surface area contributed by atoms with E-state index in [1.165, 1.54) is 10.5 Å². The smallest absolute Gasteiger partial charge is 0.0697 e. The van der Waals surface area contributed by atoms with Gasteiger partial charge in [-0.25, -0.2) is 0 Å². The van der Waals surface area contributed by atoms with Gasteiger partial charge < -0.3 is 4.90 Å². The van der Waals surface area contributed by atoms with Crippen LogP contribution in [0.4, 0.5) is 0 Å². The van der Waals surface area contributed by atoms with Crippen molar-refractivity contribution in [2.75, 3.05) is 19.3 Å². The maximum atomic E-state index is 9.03. The molecular weight excluding hydrogens is 240 g/mol. The second-order valence-electron chi connectivity index (χ2n) is 5.24. The molecule has 0 N–H and O–H groups in total. The second-order valence-corrected chi connectivity index (χ2v) is 6.58. The van der Waals surface area contributed by atoms with Gasteiger partial charge in [0.25, 0.3) is 0 Å². The van der Waals surface area contributed by atoms with Crippen LogP contribution in [0, 0.1) is 16.7 Å². The molecule has 18 heavy (non-hydrogen) atoms. The summed E-state index contributed by atoms with van der Waals surface area (Å²) in [6, 6.07) is 11.0. The van der Waals surface area contributed by atoms with Crippen LogP contribution in [-0.4, -0.2) is 24.2 Å².